The Kier molecular flexibility index (Phi) is 17.2. The molecule has 5 amide bonds. The second kappa shape index (κ2) is 21.2. The molecule has 0 radical (unpaired) electrons. The van der Waals surface area contributed by atoms with Gasteiger partial charge in [-0.1, -0.05) is 71.4 Å². The Morgan fingerprint density at radius 1 is 0.966 bits per heavy atom. The molecule has 1 saturated carbocycles. The average molecular weight is 828 g/mol. The average Bonchev–Trinajstić information content (AvgIpc) is 3.96. The van der Waals surface area contributed by atoms with Gasteiger partial charge in [0.25, 0.3) is 0 Å². The van der Waals surface area contributed by atoms with E-state index in [2.05, 4.69) is 10.6 Å². The molecular weight excluding hydrogens is 755 g/mol. The van der Waals surface area contributed by atoms with Crippen molar-refractivity contribution in [3.63, 3.8) is 0 Å². The summed E-state index contributed by atoms with van der Waals surface area (Å²) in [7, 11) is 4.81. The van der Waals surface area contributed by atoms with E-state index in [1.165, 1.54) is 0 Å². The van der Waals surface area contributed by atoms with Crippen molar-refractivity contribution >= 4 is 29.7 Å². The van der Waals surface area contributed by atoms with Gasteiger partial charge in [0.2, 0.25) is 23.6 Å². The zero-order chi connectivity index (χ0) is 43.8. The number of hydrogen-bond acceptors (Lipinski definition) is 9. The second-order valence-electron chi connectivity index (χ2n) is 18.5. The Bertz CT molecular complexity index is 1570. The number of likely N-dealkylation sites (N-methyl/N-ethyl adjacent to an activating group) is 1. The van der Waals surface area contributed by atoms with E-state index in [-0.39, 0.29) is 66.5 Å². The normalized spacial score (nSPS) is 23.9. The number of hydrogen-bond donors (Lipinski definition) is 3. The lowest BCUT2D eigenvalue weighted by Crippen LogP contribution is -2.61. The number of aliphatic hydroxyl groups is 1. The number of piperidine rings is 1. The van der Waals surface area contributed by atoms with E-state index in [1.807, 2.05) is 58.0 Å². The van der Waals surface area contributed by atoms with Crippen LogP contribution in [-0.2, 0) is 39.8 Å². The molecule has 2 bridgehead atoms. The summed E-state index contributed by atoms with van der Waals surface area (Å²) in [6.45, 7) is 15.3. The van der Waals surface area contributed by atoms with Crippen molar-refractivity contribution in [1.29, 1.82) is 0 Å². The summed E-state index contributed by atoms with van der Waals surface area (Å²) in [4.78, 5) is 74.8. The van der Waals surface area contributed by atoms with Crippen molar-refractivity contribution in [3.8, 4) is 0 Å². The van der Waals surface area contributed by atoms with Crippen LogP contribution in [0.1, 0.15) is 106 Å². The Hall–Kier alpha value is -3.75. The molecular formula is C45H73N5O9. The van der Waals surface area contributed by atoms with Gasteiger partial charge in [-0.15, -0.1) is 0 Å². The Balaban J connectivity index is 1.47. The minimum absolute atomic E-state index is 0.00496. The lowest BCUT2D eigenvalue weighted by molar-refractivity contribution is -0.148. The van der Waals surface area contributed by atoms with Crippen LogP contribution >= 0.6 is 0 Å². The standard InChI is InChI=1S/C45H73N5O9/c1-12-28(4)38(48(9)43(55)37(27(2)3)47-42(54)39-31-20-21-33(24-31)50(39)44(56)59-45(6,7)8)35(57-10)25-36(52)49-22-16-19-34(49)40(58-11)29(5)41(53)46-32(26-51)23-30-17-14-13-15-18-30/h13-15,17-18,27-29,31-35,37-40,51H,12,16,19-26H2,1-11H3,(H,46,53)(H,47,54)/t28-,29+,31?,32-,33?,34-,35+,37-,38-,39?,40+/m0/s1. The molecule has 1 aromatic rings. The molecule has 3 aliphatic rings. The molecule has 2 aliphatic heterocycles. The summed E-state index contributed by atoms with van der Waals surface area (Å²) in [6, 6.07) is 6.63. The number of aliphatic hydroxyl groups excluding tert-OH is 1. The van der Waals surface area contributed by atoms with Gasteiger partial charge in [-0.3, -0.25) is 24.1 Å². The summed E-state index contributed by atoms with van der Waals surface area (Å²) in [6.07, 6.45) is 3.17. The van der Waals surface area contributed by atoms with Crippen molar-refractivity contribution in [2.45, 2.75) is 161 Å². The third-order valence-electron chi connectivity index (χ3n) is 12.8. The Morgan fingerprint density at radius 2 is 1.64 bits per heavy atom. The van der Waals surface area contributed by atoms with Gasteiger partial charge in [0.15, 0.2) is 0 Å². The summed E-state index contributed by atoms with van der Waals surface area (Å²) < 4.78 is 17.7. The van der Waals surface area contributed by atoms with E-state index in [9.17, 15) is 29.1 Å². The molecule has 3 fully saturated rings. The first kappa shape index (κ1) is 47.9. The van der Waals surface area contributed by atoms with Crippen LogP contribution in [0.25, 0.3) is 0 Å². The fraction of sp³-hybridized carbons (Fsp3) is 0.756. The number of likely N-dealkylation sites (tertiary alicyclic amines) is 2. The summed E-state index contributed by atoms with van der Waals surface area (Å²) in [5.74, 6) is -2.05. The van der Waals surface area contributed by atoms with Gasteiger partial charge in [0.05, 0.1) is 49.3 Å². The van der Waals surface area contributed by atoms with Crippen LogP contribution in [0.4, 0.5) is 4.79 Å². The quantitative estimate of drug-likeness (QED) is 0.181. The van der Waals surface area contributed by atoms with Gasteiger partial charge in [0, 0.05) is 33.9 Å². The number of benzene rings is 1. The predicted octanol–water partition coefficient (Wildman–Crippen LogP) is 4.56. The molecule has 14 nitrogen and oxygen atoms in total. The Labute approximate surface area is 352 Å². The molecule has 0 aromatic heterocycles. The number of amides is 5. The molecule has 2 saturated heterocycles. The molecule has 0 spiro atoms. The predicted molar refractivity (Wildman–Crippen MR) is 225 cm³/mol. The molecule has 11 atom stereocenters. The number of carbonyl (C=O) groups is 5. The summed E-state index contributed by atoms with van der Waals surface area (Å²) in [5, 5.41) is 16.1. The lowest BCUT2D eigenvalue weighted by Gasteiger charge is -2.41. The van der Waals surface area contributed by atoms with Gasteiger partial charge < -0.3 is 39.8 Å². The van der Waals surface area contributed by atoms with Gasteiger partial charge in [-0.25, -0.2) is 4.79 Å². The van der Waals surface area contributed by atoms with Crippen molar-refractivity contribution in [2.24, 2.45) is 23.7 Å². The Morgan fingerprint density at radius 3 is 2.22 bits per heavy atom. The monoisotopic (exact) mass is 828 g/mol. The van der Waals surface area contributed by atoms with Gasteiger partial charge in [-0.2, -0.15) is 0 Å². The molecule has 59 heavy (non-hydrogen) atoms. The van der Waals surface area contributed by atoms with Gasteiger partial charge in [-0.05, 0) is 82.6 Å². The van der Waals surface area contributed by atoms with Crippen LogP contribution in [0.5, 0.6) is 0 Å². The summed E-state index contributed by atoms with van der Waals surface area (Å²) in [5.41, 5.74) is 0.283. The second-order valence-corrected chi connectivity index (χ2v) is 18.5. The number of carbonyl (C=O) groups excluding carboxylic acids is 5. The number of ether oxygens (including phenoxy) is 3. The van der Waals surface area contributed by atoms with Gasteiger partial charge >= 0.3 is 6.09 Å². The zero-order valence-corrected chi connectivity index (χ0v) is 37.4. The van der Waals surface area contributed by atoms with Crippen LogP contribution in [0.3, 0.4) is 0 Å². The van der Waals surface area contributed by atoms with Gasteiger partial charge in [0.1, 0.15) is 17.7 Å². The summed E-state index contributed by atoms with van der Waals surface area (Å²) >= 11 is 0. The third-order valence-corrected chi connectivity index (χ3v) is 12.8. The first-order valence-corrected chi connectivity index (χ1v) is 21.8. The number of fused-ring (bicyclic) bond motifs is 2. The highest BCUT2D eigenvalue weighted by Gasteiger charge is 2.53. The molecule has 1 aliphatic carbocycles. The highest BCUT2D eigenvalue weighted by molar-refractivity contribution is 5.92. The van der Waals surface area contributed by atoms with Crippen LogP contribution in [0.15, 0.2) is 30.3 Å². The molecule has 332 valence electrons. The molecule has 3 N–H and O–H groups in total. The maximum Gasteiger partial charge on any atom is 0.411 e. The molecule has 3 unspecified atom stereocenters. The van der Waals surface area contributed by atoms with E-state index in [1.54, 1.807) is 63.7 Å². The highest BCUT2D eigenvalue weighted by Crippen LogP contribution is 2.43. The maximum atomic E-state index is 14.5. The van der Waals surface area contributed by atoms with Crippen molar-refractivity contribution in [1.82, 2.24) is 25.3 Å². The van der Waals surface area contributed by atoms with Crippen molar-refractivity contribution < 1.29 is 43.3 Å². The number of nitrogens with one attached hydrogen (secondary N) is 2. The lowest BCUT2D eigenvalue weighted by atomic mass is 9.89. The smallest absolute Gasteiger partial charge is 0.411 e. The van der Waals surface area contributed by atoms with Crippen LogP contribution < -0.4 is 10.6 Å². The fourth-order valence-electron chi connectivity index (χ4n) is 9.57. The maximum absolute atomic E-state index is 14.5. The van der Waals surface area contributed by atoms with E-state index in [0.29, 0.717) is 25.8 Å². The van der Waals surface area contributed by atoms with Crippen molar-refractivity contribution in [3.05, 3.63) is 35.9 Å². The van der Waals surface area contributed by atoms with E-state index >= 15 is 0 Å². The topological polar surface area (TPSA) is 167 Å². The van der Waals surface area contributed by atoms with E-state index < -0.39 is 54.0 Å². The molecule has 14 heteroatoms. The minimum atomic E-state index is -0.886. The van der Waals surface area contributed by atoms with E-state index in [0.717, 1.165) is 31.2 Å². The minimum Gasteiger partial charge on any atom is -0.444 e. The molecule has 1 aromatic carbocycles. The first-order chi connectivity index (χ1) is 27.9. The zero-order valence-electron chi connectivity index (χ0n) is 37.4. The van der Waals surface area contributed by atoms with E-state index in [4.69, 9.17) is 14.2 Å². The SMILES string of the molecule is CC[C@H](C)[C@@H]([C@@H](CC(=O)N1CCC[C@H]1[C@H](OC)[C@@H](C)C(=O)N[C@H](CO)Cc1ccccc1)OC)N(C)C(=O)[C@@H](NC(=O)C1C2CCC(C2)N1C(=O)OC(C)(C)C)C(C)C. The number of rotatable bonds is 19. The third kappa shape index (κ3) is 11.8. The molecule has 4 rings (SSSR count). The van der Waals surface area contributed by atoms with Crippen LogP contribution in [0, 0.1) is 23.7 Å². The first-order valence-electron chi connectivity index (χ1n) is 21.8. The molecule has 2 heterocycles. The van der Waals surface area contributed by atoms with Crippen molar-refractivity contribution in [2.75, 3.05) is 34.4 Å². The number of nitrogens with zero attached hydrogens (tertiary/aromatic N) is 3. The largest absolute Gasteiger partial charge is 0.444 e. The van der Waals surface area contributed by atoms with Crippen LogP contribution in [0.2, 0.25) is 0 Å². The van der Waals surface area contributed by atoms with Crippen LogP contribution in [-0.4, -0.2) is 138 Å². The highest BCUT2D eigenvalue weighted by atomic mass is 16.6. The fourth-order valence-corrected chi connectivity index (χ4v) is 9.57. The number of methoxy groups -OCH3 is 2.